The van der Waals surface area contributed by atoms with Crippen LogP contribution in [0.25, 0.3) is 0 Å². The number of benzene rings is 2. The first kappa shape index (κ1) is 55.6. The molecule has 0 N–H and O–H groups in total. The second-order valence-electron chi connectivity index (χ2n) is 19.5. The summed E-state index contributed by atoms with van der Waals surface area (Å²) in [5.41, 5.74) is 6.40. The van der Waals surface area contributed by atoms with Gasteiger partial charge < -0.3 is 33.0 Å². The normalized spacial score (nSPS) is 24.0. The minimum absolute atomic E-state index is 0. The summed E-state index contributed by atoms with van der Waals surface area (Å²) >= 11 is 0. The minimum Gasteiger partial charge on any atom is -0.748 e. The van der Waals surface area contributed by atoms with E-state index in [2.05, 4.69) is 21.6 Å². The van der Waals surface area contributed by atoms with Crippen LogP contribution in [0.3, 0.4) is 0 Å². The monoisotopic (exact) mass is 1050 g/mol. The molecule has 6 heterocycles. The van der Waals surface area contributed by atoms with Gasteiger partial charge in [-0.2, -0.15) is 4.58 Å². The van der Waals surface area contributed by atoms with E-state index in [0.717, 1.165) is 57.9 Å². The number of amides is 3. The molecule has 24 heteroatoms. The molecule has 9 rings (SSSR count). The third-order valence-corrected chi connectivity index (χ3v) is 17.2. The molecule has 71 heavy (non-hydrogen) atoms. The van der Waals surface area contributed by atoms with Crippen molar-refractivity contribution in [1.82, 2.24) is 9.96 Å². The van der Waals surface area contributed by atoms with Crippen molar-refractivity contribution in [2.45, 2.75) is 124 Å². The fourth-order valence-corrected chi connectivity index (χ4v) is 13.0. The first-order valence-electron chi connectivity index (χ1n) is 23.1. The molecule has 1 saturated heterocycles. The number of carbonyl (C=O) groups excluding carboxylic acids is 4. The van der Waals surface area contributed by atoms with Crippen LogP contribution in [0.5, 0.6) is 0 Å². The SMILES string of the molecule is CC1(C)C2=[N+](CC[C@H]3C[C@H]4O[C@H]5CCN6C(=C5C=C4C=C23)C(C)(CCCCC(=O)N(CCCS(=O)(=O)[O-])CCC(=O)ON2C(=O)CCC2=O)c2cc(S(=O)(=O)[O-])ccc26)c2ccc(S(=O)(=O)[O-])cc21.[Na+].[Na+]. The van der Waals surface area contributed by atoms with Crippen LogP contribution in [0.1, 0.15) is 103 Å². The molecule has 1 aliphatic carbocycles. The van der Waals surface area contributed by atoms with Crippen molar-refractivity contribution < 1.29 is 131 Å². The number of rotatable bonds is 15. The van der Waals surface area contributed by atoms with E-state index < -0.39 is 77.0 Å². The molecule has 1 unspecified atom stereocenters. The minimum atomic E-state index is -4.85. The molecule has 1 fully saturated rings. The summed E-state index contributed by atoms with van der Waals surface area (Å²) in [6, 6.07) is 8.96. The zero-order valence-corrected chi connectivity index (χ0v) is 46.8. The number of hydrogen-bond acceptors (Lipinski definition) is 16. The zero-order chi connectivity index (χ0) is 49.6. The number of fused-ring (bicyclic) bond motifs is 9. The number of anilines is 1. The maximum atomic E-state index is 13.7. The summed E-state index contributed by atoms with van der Waals surface area (Å²) in [5.74, 6) is -3.33. The van der Waals surface area contributed by atoms with Crippen LogP contribution in [0.15, 0.2) is 80.8 Å². The third-order valence-electron chi connectivity index (χ3n) is 14.8. The van der Waals surface area contributed by atoms with E-state index in [0.29, 0.717) is 49.4 Å². The van der Waals surface area contributed by atoms with Crippen molar-refractivity contribution >= 4 is 71.1 Å². The van der Waals surface area contributed by atoms with E-state index in [1.54, 1.807) is 12.1 Å². The van der Waals surface area contributed by atoms with Crippen LogP contribution in [-0.2, 0) is 69.9 Å². The van der Waals surface area contributed by atoms with Crippen molar-refractivity contribution in [2.75, 3.05) is 36.8 Å². The van der Waals surface area contributed by atoms with Crippen LogP contribution in [0, 0.1) is 5.92 Å². The Kier molecular flexibility index (Phi) is 16.1. The first-order chi connectivity index (χ1) is 32.3. The molecule has 0 bridgehead atoms. The van der Waals surface area contributed by atoms with E-state index in [9.17, 15) is 58.1 Å². The number of hydrogen-bond donors (Lipinski definition) is 0. The summed E-state index contributed by atoms with van der Waals surface area (Å²) in [7, 11) is -14.1. The Morgan fingerprint density at radius 1 is 0.831 bits per heavy atom. The Bertz CT molecular complexity index is 3060. The van der Waals surface area contributed by atoms with Gasteiger partial charge in [0.1, 0.15) is 26.8 Å². The molecule has 7 aliphatic rings. The summed E-state index contributed by atoms with van der Waals surface area (Å²) in [6.45, 7) is 6.91. The molecule has 19 nitrogen and oxygen atoms in total. The smallest absolute Gasteiger partial charge is 0.748 e. The van der Waals surface area contributed by atoms with Crippen LogP contribution in [0.4, 0.5) is 11.4 Å². The maximum absolute atomic E-state index is 13.7. The molecule has 6 aliphatic heterocycles. The molecule has 0 aromatic heterocycles. The van der Waals surface area contributed by atoms with Gasteiger partial charge in [-0.05, 0) is 112 Å². The van der Waals surface area contributed by atoms with Crippen LogP contribution in [0.2, 0.25) is 0 Å². The molecule has 370 valence electrons. The average Bonchev–Trinajstić information content (AvgIpc) is 3.82. The van der Waals surface area contributed by atoms with Gasteiger partial charge in [-0.1, -0.05) is 6.42 Å². The van der Waals surface area contributed by atoms with Gasteiger partial charge in [0.25, 0.3) is 11.8 Å². The largest absolute Gasteiger partial charge is 1.00 e. The van der Waals surface area contributed by atoms with Gasteiger partial charge in [0.2, 0.25) is 11.6 Å². The number of carbonyl (C=O) groups is 4. The average molecular weight is 1060 g/mol. The van der Waals surface area contributed by atoms with Gasteiger partial charge in [0.15, 0.2) is 5.71 Å². The van der Waals surface area contributed by atoms with E-state index in [4.69, 9.17) is 9.57 Å². The molecular formula is C47H52N4Na2O15S3. The number of nitrogens with zero attached hydrogens (tertiary/aromatic N) is 4. The molecular weight excluding hydrogens is 1000 g/mol. The Morgan fingerprint density at radius 2 is 1.49 bits per heavy atom. The predicted octanol–water partition coefficient (Wildman–Crippen LogP) is -2.32. The molecule has 0 spiro atoms. The Hall–Kier alpha value is -3.10. The Balaban J connectivity index is 0.00000371. The van der Waals surface area contributed by atoms with Gasteiger partial charge in [0, 0.05) is 90.6 Å². The topological polar surface area (TPSA) is 271 Å². The number of ether oxygens (including phenoxy) is 1. The van der Waals surface area contributed by atoms with E-state index in [1.807, 2.05) is 20.8 Å². The quantitative estimate of drug-likeness (QED) is 0.0596. The van der Waals surface area contributed by atoms with Crippen LogP contribution >= 0.6 is 0 Å². The fourth-order valence-electron chi connectivity index (χ4n) is 11.6. The van der Waals surface area contributed by atoms with Gasteiger partial charge in [0.05, 0.1) is 44.0 Å². The van der Waals surface area contributed by atoms with E-state index in [-0.39, 0.29) is 126 Å². The maximum Gasteiger partial charge on any atom is 1.00 e. The van der Waals surface area contributed by atoms with E-state index >= 15 is 0 Å². The standard InChI is InChI=1S/C47H54N4O15S3.2Na/c1-46(2)34-26-30(68(59,60)61)8-10-36(34)49-20-14-28-25-39-29(23-32(28)44(46)49)24-33-38(65-39)15-21-50-37-11-9-31(69(62,63)64)27-35(37)47(3,45(33)50)17-5-4-7-40(52)48(18-6-22-67(56,57)58)19-16-43(55)66-51-41(53)12-13-42(51)54;;/h8-11,23-24,26-28,38-39H,4-7,12-22,25H2,1-3H3,(H2-,56,57,58,59,60,61,62,63,64);;/q;2*+1/p-2/t28-,38-,39+,47?;;/m0../s1. The van der Waals surface area contributed by atoms with Crippen molar-refractivity contribution in [3.8, 4) is 0 Å². The van der Waals surface area contributed by atoms with Crippen molar-refractivity contribution in [3.63, 3.8) is 0 Å². The summed E-state index contributed by atoms with van der Waals surface area (Å²) in [6.07, 6.45) is 6.26. The summed E-state index contributed by atoms with van der Waals surface area (Å²) in [5, 5.41) is 0.391. The Morgan fingerprint density at radius 3 is 2.15 bits per heavy atom. The Labute approximate surface area is 457 Å². The third kappa shape index (κ3) is 10.8. The summed E-state index contributed by atoms with van der Waals surface area (Å²) in [4.78, 5) is 57.9. The second-order valence-corrected chi connectivity index (χ2v) is 23.8. The van der Waals surface area contributed by atoms with Gasteiger partial charge in [-0.25, -0.2) is 30.0 Å². The molecule has 3 amide bonds. The number of imide groups is 1. The second kappa shape index (κ2) is 20.6. The van der Waals surface area contributed by atoms with Crippen molar-refractivity contribution in [3.05, 3.63) is 82.1 Å². The zero-order valence-electron chi connectivity index (χ0n) is 40.3. The molecule has 4 atom stereocenters. The molecule has 2 aromatic carbocycles. The fraction of sp³-hybridized carbons (Fsp3) is 0.511. The molecule has 0 radical (unpaired) electrons. The van der Waals surface area contributed by atoms with Crippen molar-refractivity contribution in [2.24, 2.45) is 5.92 Å². The van der Waals surface area contributed by atoms with Gasteiger partial charge in [-0.3, -0.25) is 14.4 Å². The van der Waals surface area contributed by atoms with Crippen LogP contribution < -0.4 is 64.0 Å². The predicted molar refractivity (Wildman–Crippen MR) is 242 cm³/mol. The summed E-state index contributed by atoms with van der Waals surface area (Å²) < 4.78 is 117. The number of allylic oxidation sites excluding steroid dienone is 2. The van der Waals surface area contributed by atoms with E-state index in [1.165, 1.54) is 29.2 Å². The number of hydroxylamine groups is 2. The van der Waals surface area contributed by atoms with Crippen LogP contribution in [-0.4, -0.2) is 127 Å². The van der Waals surface area contributed by atoms with Gasteiger partial charge in [-0.15, -0.1) is 5.06 Å². The van der Waals surface area contributed by atoms with Gasteiger partial charge >= 0.3 is 65.1 Å². The van der Waals surface area contributed by atoms with Crippen molar-refractivity contribution in [1.29, 1.82) is 0 Å². The first-order valence-corrected chi connectivity index (χ1v) is 27.5. The number of unbranched alkanes of at least 4 members (excludes halogenated alkanes) is 1. The molecule has 2 aromatic rings. The molecule has 0 saturated carbocycles.